The number of aromatic nitrogens is 2. The van der Waals surface area contributed by atoms with Crippen LogP contribution < -0.4 is 10.6 Å². The Morgan fingerprint density at radius 1 is 1.10 bits per heavy atom. The Kier molecular flexibility index (Phi) is 3.68. The number of rotatable bonds is 2. The van der Waals surface area contributed by atoms with Gasteiger partial charge in [-0.25, -0.2) is 9.97 Å². The van der Waals surface area contributed by atoms with Crippen molar-refractivity contribution >= 4 is 11.7 Å². The van der Waals surface area contributed by atoms with Gasteiger partial charge in [0, 0.05) is 13.1 Å². The van der Waals surface area contributed by atoms with Gasteiger partial charge >= 0.3 is 0 Å². The highest BCUT2D eigenvalue weighted by atomic mass is 16.4. The first-order valence-electron chi connectivity index (χ1n) is 6.89. The maximum atomic E-state index is 8.63. The highest BCUT2D eigenvalue weighted by Crippen LogP contribution is 2.19. The molecule has 0 atom stereocenters. The number of fused-ring (bicyclic) bond motifs is 1. The van der Waals surface area contributed by atoms with E-state index in [0.717, 1.165) is 31.7 Å². The average molecular weight is 283 g/mol. The molecule has 0 aliphatic carbocycles. The molecule has 0 amide bonds. The van der Waals surface area contributed by atoms with Crippen LogP contribution in [0.5, 0.6) is 0 Å². The fourth-order valence-corrected chi connectivity index (χ4v) is 2.57. The van der Waals surface area contributed by atoms with E-state index in [1.54, 1.807) is 6.20 Å². The zero-order valence-corrected chi connectivity index (χ0v) is 11.6. The maximum absolute atomic E-state index is 8.63. The van der Waals surface area contributed by atoms with Crippen molar-refractivity contribution in [3.8, 4) is 0 Å². The fraction of sp³-hybridized carbons (Fsp3) is 0.267. The number of oxime groups is 1. The van der Waals surface area contributed by atoms with E-state index in [0.29, 0.717) is 5.69 Å². The molecule has 0 bridgehead atoms. The Morgan fingerprint density at radius 2 is 1.76 bits per heavy atom. The quantitative estimate of drug-likeness (QED) is 0.374. The summed E-state index contributed by atoms with van der Waals surface area (Å²) >= 11 is 0. The minimum atomic E-state index is -0.0303. The monoisotopic (exact) mass is 283 g/mol. The Labute approximate surface area is 122 Å². The Hall–Kier alpha value is -2.63. The summed E-state index contributed by atoms with van der Waals surface area (Å²) in [6.07, 6.45) is 5.20. The van der Waals surface area contributed by atoms with Crippen molar-refractivity contribution in [2.45, 2.75) is 12.8 Å². The Balaban J connectivity index is 1.77. The molecule has 1 aliphatic rings. The normalized spacial score (nSPS) is 15.4. The van der Waals surface area contributed by atoms with Gasteiger partial charge in [-0.1, -0.05) is 29.4 Å². The van der Waals surface area contributed by atoms with Gasteiger partial charge in [0.25, 0.3) is 0 Å². The van der Waals surface area contributed by atoms with Crippen molar-refractivity contribution in [2.24, 2.45) is 10.9 Å². The van der Waals surface area contributed by atoms with E-state index in [1.165, 1.54) is 17.3 Å². The molecule has 2 aromatic rings. The van der Waals surface area contributed by atoms with Gasteiger partial charge in [0.1, 0.15) is 11.5 Å². The molecule has 0 spiro atoms. The van der Waals surface area contributed by atoms with Crippen molar-refractivity contribution in [3.63, 3.8) is 0 Å². The van der Waals surface area contributed by atoms with Crippen molar-refractivity contribution in [2.75, 3.05) is 18.0 Å². The van der Waals surface area contributed by atoms with Crippen LogP contribution in [-0.2, 0) is 12.8 Å². The second-order valence-corrected chi connectivity index (χ2v) is 5.00. The number of anilines is 1. The standard InChI is InChI=1S/C15H17N5O/c16-15(19-21)13-9-18-14(10-17-13)20-7-5-11-3-1-2-4-12(11)6-8-20/h1-4,9-10,21H,5-8H2,(H2,16,19). The molecule has 3 rings (SSSR count). The molecule has 0 fully saturated rings. The van der Waals surface area contributed by atoms with Gasteiger partial charge in [-0.15, -0.1) is 0 Å². The van der Waals surface area contributed by atoms with Gasteiger partial charge in [0.05, 0.1) is 12.4 Å². The van der Waals surface area contributed by atoms with E-state index in [-0.39, 0.29) is 5.84 Å². The lowest BCUT2D eigenvalue weighted by Crippen LogP contribution is -2.27. The summed E-state index contributed by atoms with van der Waals surface area (Å²) in [5.74, 6) is 0.787. The number of nitrogens with two attached hydrogens (primary N) is 1. The molecule has 0 saturated carbocycles. The molecule has 1 aromatic heterocycles. The molecule has 0 unspecified atom stereocenters. The largest absolute Gasteiger partial charge is 0.409 e. The van der Waals surface area contributed by atoms with Gasteiger partial charge < -0.3 is 15.8 Å². The van der Waals surface area contributed by atoms with Crippen LogP contribution in [-0.4, -0.2) is 34.1 Å². The van der Waals surface area contributed by atoms with Gasteiger partial charge in [0.2, 0.25) is 0 Å². The second kappa shape index (κ2) is 5.78. The molecular weight excluding hydrogens is 266 g/mol. The SMILES string of the molecule is NC(=NO)c1cnc(N2CCc3ccccc3CC2)cn1. The molecule has 1 aromatic carbocycles. The van der Waals surface area contributed by atoms with Crippen LogP contribution >= 0.6 is 0 Å². The van der Waals surface area contributed by atoms with Crippen LogP contribution in [0.25, 0.3) is 0 Å². The van der Waals surface area contributed by atoms with Gasteiger partial charge in [-0.05, 0) is 24.0 Å². The number of benzene rings is 1. The van der Waals surface area contributed by atoms with Crippen LogP contribution in [0.2, 0.25) is 0 Å². The smallest absolute Gasteiger partial charge is 0.190 e. The number of nitrogens with zero attached hydrogens (tertiary/aromatic N) is 4. The van der Waals surface area contributed by atoms with Crippen LogP contribution in [0.15, 0.2) is 41.8 Å². The molecule has 0 radical (unpaired) electrons. The lowest BCUT2D eigenvalue weighted by Gasteiger charge is -2.20. The maximum Gasteiger partial charge on any atom is 0.190 e. The fourth-order valence-electron chi connectivity index (χ4n) is 2.57. The summed E-state index contributed by atoms with van der Waals surface area (Å²) in [6, 6.07) is 8.54. The minimum Gasteiger partial charge on any atom is -0.409 e. The summed E-state index contributed by atoms with van der Waals surface area (Å²) in [4.78, 5) is 10.8. The lowest BCUT2D eigenvalue weighted by molar-refractivity contribution is 0.318. The topological polar surface area (TPSA) is 87.6 Å². The first kappa shape index (κ1) is 13.4. The lowest BCUT2D eigenvalue weighted by atomic mass is 10.0. The minimum absolute atomic E-state index is 0.0303. The van der Waals surface area contributed by atoms with Crippen LogP contribution in [0.4, 0.5) is 5.82 Å². The van der Waals surface area contributed by atoms with E-state index < -0.39 is 0 Å². The molecule has 2 heterocycles. The molecule has 108 valence electrons. The third-order valence-electron chi connectivity index (χ3n) is 3.75. The van der Waals surface area contributed by atoms with E-state index in [2.05, 4.69) is 44.3 Å². The number of hydrogen-bond acceptors (Lipinski definition) is 5. The molecular formula is C15H17N5O. The first-order chi connectivity index (χ1) is 10.3. The molecule has 1 aliphatic heterocycles. The Bertz CT molecular complexity index is 626. The van der Waals surface area contributed by atoms with Crippen molar-refractivity contribution in [3.05, 3.63) is 53.5 Å². The number of hydrogen-bond donors (Lipinski definition) is 2. The van der Waals surface area contributed by atoms with E-state index in [4.69, 9.17) is 10.9 Å². The Morgan fingerprint density at radius 3 is 2.29 bits per heavy atom. The zero-order valence-electron chi connectivity index (χ0n) is 11.6. The molecule has 6 nitrogen and oxygen atoms in total. The molecule has 21 heavy (non-hydrogen) atoms. The van der Waals surface area contributed by atoms with Gasteiger partial charge in [-0.2, -0.15) is 0 Å². The second-order valence-electron chi connectivity index (χ2n) is 5.00. The molecule has 0 saturated heterocycles. The first-order valence-corrected chi connectivity index (χ1v) is 6.89. The van der Waals surface area contributed by atoms with Crippen molar-refractivity contribution < 1.29 is 5.21 Å². The van der Waals surface area contributed by atoms with Gasteiger partial charge in [0.15, 0.2) is 5.84 Å². The van der Waals surface area contributed by atoms with E-state index >= 15 is 0 Å². The predicted molar refractivity (Wildman–Crippen MR) is 80.6 cm³/mol. The molecule has 3 N–H and O–H groups in total. The van der Waals surface area contributed by atoms with Crippen LogP contribution in [0.3, 0.4) is 0 Å². The summed E-state index contributed by atoms with van der Waals surface area (Å²) in [7, 11) is 0. The summed E-state index contributed by atoms with van der Waals surface area (Å²) < 4.78 is 0. The highest BCUT2D eigenvalue weighted by Gasteiger charge is 2.15. The van der Waals surface area contributed by atoms with Crippen molar-refractivity contribution in [1.82, 2.24) is 9.97 Å². The molecule has 6 heteroatoms. The third kappa shape index (κ3) is 2.79. The highest BCUT2D eigenvalue weighted by molar-refractivity contribution is 5.94. The van der Waals surface area contributed by atoms with Gasteiger partial charge in [-0.3, -0.25) is 0 Å². The summed E-state index contributed by atoms with van der Waals surface area (Å²) in [6.45, 7) is 1.82. The van der Waals surface area contributed by atoms with Crippen LogP contribution in [0.1, 0.15) is 16.8 Å². The predicted octanol–water partition coefficient (Wildman–Crippen LogP) is 1.18. The van der Waals surface area contributed by atoms with Crippen LogP contribution in [0, 0.1) is 0 Å². The number of amidine groups is 1. The summed E-state index contributed by atoms with van der Waals surface area (Å²) in [5.41, 5.74) is 8.67. The summed E-state index contributed by atoms with van der Waals surface area (Å²) in [5, 5.41) is 11.5. The average Bonchev–Trinajstić information content (AvgIpc) is 2.77. The third-order valence-corrected chi connectivity index (χ3v) is 3.75. The van der Waals surface area contributed by atoms with Crippen molar-refractivity contribution in [1.29, 1.82) is 0 Å². The zero-order chi connectivity index (χ0) is 14.7. The van der Waals surface area contributed by atoms with E-state index in [1.807, 2.05) is 0 Å². The van der Waals surface area contributed by atoms with E-state index in [9.17, 15) is 0 Å².